The first-order valence-electron chi connectivity index (χ1n) is 6.28. The van der Waals surface area contributed by atoms with Gasteiger partial charge in [-0.15, -0.1) is 0 Å². The maximum atomic E-state index is 11.5. The second kappa shape index (κ2) is 7.71. The van der Waals surface area contributed by atoms with Crippen LogP contribution in [0, 0.1) is 0 Å². The Bertz CT molecular complexity index is 361. The van der Waals surface area contributed by atoms with E-state index in [1.807, 2.05) is 60.0 Å². The van der Waals surface area contributed by atoms with Crippen LogP contribution in [0.15, 0.2) is 18.2 Å². The SMILES string of the molecule is CC.CC.CNc1ccc2c(c1)CN(C)C2=O. The minimum atomic E-state index is 0.123. The van der Waals surface area contributed by atoms with E-state index in [9.17, 15) is 4.79 Å². The Balaban J connectivity index is 0.000000581. The molecule has 1 N–H and O–H groups in total. The molecule has 0 atom stereocenters. The normalized spacial score (nSPS) is 11.9. The van der Waals surface area contributed by atoms with Crippen LogP contribution < -0.4 is 5.32 Å². The number of amides is 1. The summed E-state index contributed by atoms with van der Waals surface area (Å²) in [5, 5.41) is 3.06. The molecule has 1 amide bonds. The van der Waals surface area contributed by atoms with Gasteiger partial charge < -0.3 is 10.2 Å². The van der Waals surface area contributed by atoms with Crippen molar-refractivity contribution in [3.05, 3.63) is 29.3 Å². The second-order valence-corrected chi connectivity index (χ2v) is 3.28. The van der Waals surface area contributed by atoms with Crippen molar-refractivity contribution in [3.8, 4) is 0 Å². The highest BCUT2D eigenvalue weighted by molar-refractivity contribution is 5.98. The quantitative estimate of drug-likeness (QED) is 0.811. The lowest BCUT2D eigenvalue weighted by Crippen LogP contribution is -2.17. The summed E-state index contributed by atoms with van der Waals surface area (Å²) < 4.78 is 0. The van der Waals surface area contributed by atoms with Crippen molar-refractivity contribution in [2.75, 3.05) is 19.4 Å². The van der Waals surface area contributed by atoms with E-state index < -0.39 is 0 Å². The van der Waals surface area contributed by atoms with E-state index in [-0.39, 0.29) is 5.91 Å². The minimum Gasteiger partial charge on any atom is -0.388 e. The Morgan fingerprint density at radius 1 is 1.18 bits per heavy atom. The van der Waals surface area contributed by atoms with Gasteiger partial charge in [0.15, 0.2) is 0 Å². The molecule has 2 rings (SSSR count). The Morgan fingerprint density at radius 2 is 1.76 bits per heavy atom. The lowest BCUT2D eigenvalue weighted by Gasteiger charge is -2.04. The zero-order chi connectivity index (χ0) is 13.4. The first-order chi connectivity index (χ1) is 8.22. The van der Waals surface area contributed by atoms with E-state index in [1.54, 1.807) is 4.90 Å². The molecule has 1 aromatic carbocycles. The number of anilines is 1. The summed E-state index contributed by atoms with van der Waals surface area (Å²) in [5.41, 5.74) is 3.00. The minimum absolute atomic E-state index is 0.123. The molecule has 3 nitrogen and oxygen atoms in total. The zero-order valence-electron chi connectivity index (χ0n) is 11.8. The molecule has 3 heteroatoms. The van der Waals surface area contributed by atoms with E-state index >= 15 is 0 Å². The van der Waals surface area contributed by atoms with Crippen molar-refractivity contribution in [1.82, 2.24) is 4.90 Å². The number of carbonyl (C=O) groups excluding carboxylic acids is 1. The molecule has 17 heavy (non-hydrogen) atoms. The van der Waals surface area contributed by atoms with E-state index in [1.165, 1.54) is 0 Å². The van der Waals surface area contributed by atoms with Gasteiger partial charge in [0.25, 0.3) is 5.91 Å². The molecular formula is C14H24N2O. The van der Waals surface area contributed by atoms with Crippen LogP contribution in [0.2, 0.25) is 0 Å². The van der Waals surface area contributed by atoms with E-state index in [2.05, 4.69) is 5.32 Å². The molecule has 0 radical (unpaired) electrons. The highest BCUT2D eigenvalue weighted by Gasteiger charge is 2.23. The van der Waals surface area contributed by atoms with Gasteiger partial charge in [-0.3, -0.25) is 4.79 Å². The number of hydrogen-bond donors (Lipinski definition) is 1. The number of nitrogens with zero attached hydrogens (tertiary/aromatic N) is 1. The first-order valence-corrected chi connectivity index (χ1v) is 6.28. The van der Waals surface area contributed by atoms with Crippen LogP contribution in [-0.2, 0) is 6.54 Å². The van der Waals surface area contributed by atoms with Crippen LogP contribution in [0.25, 0.3) is 0 Å². The molecule has 0 unspecified atom stereocenters. The fourth-order valence-corrected chi connectivity index (χ4v) is 1.62. The number of benzene rings is 1. The van der Waals surface area contributed by atoms with E-state index in [4.69, 9.17) is 0 Å². The molecule has 0 spiro atoms. The predicted octanol–water partition coefficient (Wildman–Crippen LogP) is 3.37. The molecule has 0 bridgehead atoms. The van der Waals surface area contributed by atoms with Crippen molar-refractivity contribution in [3.63, 3.8) is 0 Å². The summed E-state index contributed by atoms with van der Waals surface area (Å²) >= 11 is 0. The number of rotatable bonds is 1. The molecule has 1 heterocycles. The van der Waals surface area contributed by atoms with Crippen molar-refractivity contribution in [2.45, 2.75) is 34.2 Å². The highest BCUT2D eigenvalue weighted by Crippen LogP contribution is 2.24. The van der Waals surface area contributed by atoms with Crippen LogP contribution in [0.4, 0.5) is 5.69 Å². The Kier molecular flexibility index (Phi) is 7.03. The molecule has 0 fully saturated rings. The van der Waals surface area contributed by atoms with Crippen LogP contribution in [0.1, 0.15) is 43.6 Å². The third kappa shape index (κ3) is 3.48. The summed E-state index contributed by atoms with van der Waals surface area (Å²) in [6.45, 7) is 8.73. The van der Waals surface area contributed by atoms with Crippen molar-refractivity contribution >= 4 is 11.6 Å². The lowest BCUT2D eigenvalue weighted by atomic mass is 10.1. The van der Waals surface area contributed by atoms with Gasteiger partial charge in [-0.1, -0.05) is 27.7 Å². The third-order valence-electron chi connectivity index (χ3n) is 2.38. The highest BCUT2D eigenvalue weighted by atomic mass is 16.2. The molecule has 1 aromatic rings. The van der Waals surface area contributed by atoms with Crippen LogP contribution >= 0.6 is 0 Å². The van der Waals surface area contributed by atoms with Gasteiger partial charge in [0.05, 0.1) is 0 Å². The van der Waals surface area contributed by atoms with E-state index in [0.29, 0.717) is 0 Å². The fourth-order valence-electron chi connectivity index (χ4n) is 1.62. The molecule has 0 saturated heterocycles. The first kappa shape index (κ1) is 15.5. The fraction of sp³-hybridized carbons (Fsp3) is 0.500. The molecule has 0 aliphatic carbocycles. The second-order valence-electron chi connectivity index (χ2n) is 3.28. The van der Waals surface area contributed by atoms with Crippen LogP contribution in [0.3, 0.4) is 0 Å². The number of hydrogen-bond acceptors (Lipinski definition) is 2. The number of nitrogens with one attached hydrogen (secondary N) is 1. The summed E-state index contributed by atoms with van der Waals surface area (Å²) in [7, 11) is 3.70. The van der Waals surface area contributed by atoms with Gasteiger partial charge in [-0.2, -0.15) is 0 Å². The number of carbonyl (C=O) groups is 1. The monoisotopic (exact) mass is 236 g/mol. The average Bonchev–Trinajstić information content (AvgIpc) is 2.69. The number of fused-ring (bicyclic) bond motifs is 1. The van der Waals surface area contributed by atoms with Gasteiger partial charge in [0.2, 0.25) is 0 Å². The van der Waals surface area contributed by atoms with Crippen molar-refractivity contribution in [2.24, 2.45) is 0 Å². The third-order valence-corrected chi connectivity index (χ3v) is 2.38. The average molecular weight is 236 g/mol. The van der Waals surface area contributed by atoms with Crippen LogP contribution in [0.5, 0.6) is 0 Å². The molecule has 0 saturated carbocycles. The van der Waals surface area contributed by atoms with Crippen molar-refractivity contribution in [1.29, 1.82) is 0 Å². The zero-order valence-corrected chi connectivity index (χ0v) is 11.8. The Labute approximate surface area is 105 Å². The standard InChI is InChI=1S/C10H12N2O.2C2H6/c1-11-8-3-4-9-7(5-8)6-12(2)10(9)13;2*1-2/h3-5,11H,6H2,1-2H3;2*1-2H3. The lowest BCUT2D eigenvalue weighted by molar-refractivity contribution is 0.0816. The maximum absolute atomic E-state index is 11.5. The predicted molar refractivity (Wildman–Crippen MR) is 74.5 cm³/mol. The summed E-state index contributed by atoms with van der Waals surface area (Å²) in [6, 6.07) is 5.83. The largest absolute Gasteiger partial charge is 0.388 e. The summed E-state index contributed by atoms with van der Waals surface area (Å²) in [4.78, 5) is 13.2. The van der Waals surface area contributed by atoms with Gasteiger partial charge in [0, 0.05) is 31.9 Å². The Morgan fingerprint density at radius 3 is 2.29 bits per heavy atom. The molecule has 0 aromatic heterocycles. The van der Waals surface area contributed by atoms with Gasteiger partial charge in [-0.05, 0) is 23.8 Å². The Hall–Kier alpha value is -1.51. The summed E-state index contributed by atoms with van der Waals surface area (Å²) in [5.74, 6) is 0.123. The van der Waals surface area contributed by atoms with Gasteiger partial charge in [0.1, 0.15) is 0 Å². The molecule has 96 valence electrons. The topological polar surface area (TPSA) is 32.3 Å². The summed E-state index contributed by atoms with van der Waals surface area (Å²) in [6.07, 6.45) is 0. The smallest absolute Gasteiger partial charge is 0.254 e. The molecule has 1 aliphatic heterocycles. The van der Waals surface area contributed by atoms with Gasteiger partial charge in [-0.25, -0.2) is 0 Å². The van der Waals surface area contributed by atoms with Gasteiger partial charge >= 0.3 is 0 Å². The van der Waals surface area contributed by atoms with E-state index in [0.717, 1.165) is 23.4 Å². The maximum Gasteiger partial charge on any atom is 0.254 e. The van der Waals surface area contributed by atoms with Crippen molar-refractivity contribution < 1.29 is 4.79 Å². The van der Waals surface area contributed by atoms with Crippen LogP contribution in [-0.4, -0.2) is 24.9 Å². The molecule has 1 aliphatic rings. The molecular weight excluding hydrogens is 212 g/mol.